The van der Waals surface area contributed by atoms with E-state index in [4.69, 9.17) is 11.6 Å². The van der Waals surface area contributed by atoms with Crippen LogP contribution in [0.4, 0.5) is 15.9 Å². The number of amides is 1. The molecule has 1 aromatic heterocycles. The van der Waals surface area contributed by atoms with Gasteiger partial charge in [-0.25, -0.2) is 13.9 Å². The fraction of sp³-hybridized carbons (Fsp3) is 0.0500. The van der Waals surface area contributed by atoms with Crippen LogP contribution in [-0.4, -0.2) is 26.8 Å². The molecular formula is C20H14ClFN4O3. The molecule has 7 nitrogen and oxygen atoms in total. The number of nitrogens with one attached hydrogen (secondary N) is 2. The van der Waals surface area contributed by atoms with Crippen LogP contribution in [0.2, 0.25) is 5.02 Å². The van der Waals surface area contributed by atoms with Gasteiger partial charge in [0.2, 0.25) is 0 Å². The van der Waals surface area contributed by atoms with Crippen molar-refractivity contribution in [1.29, 1.82) is 0 Å². The number of carboxylic acid groups (broad SMARTS) is 1. The quantitative estimate of drug-likeness (QED) is 0.603. The van der Waals surface area contributed by atoms with Gasteiger partial charge in [-0.15, -0.1) is 0 Å². The normalized spacial score (nSPS) is 15.1. The second-order valence-electron chi connectivity index (χ2n) is 6.29. The van der Waals surface area contributed by atoms with Crippen LogP contribution in [0.1, 0.15) is 22.0 Å². The number of benzene rings is 2. The number of aromatic nitrogens is 2. The Kier molecular flexibility index (Phi) is 4.77. The molecule has 0 saturated heterocycles. The van der Waals surface area contributed by atoms with Crippen molar-refractivity contribution >= 4 is 35.0 Å². The van der Waals surface area contributed by atoms with E-state index < -0.39 is 23.7 Å². The van der Waals surface area contributed by atoms with E-state index in [-0.39, 0.29) is 17.1 Å². The molecule has 0 radical (unpaired) electrons. The average molecular weight is 413 g/mol. The molecule has 1 atom stereocenters. The van der Waals surface area contributed by atoms with Gasteiger partial charge >= 0.3 is 5.97 Å². The summed E-state index contributed by atoms with van der Waals surface area (Å²) >= 11 is 6.09. The molecule has 0 saturated carbocycles. The highest BCUT2D eigenvalue weighted by atomic mass is 35.5. The van der Waals surface area contributed by atoms with Crippen molar-refractivity contribution in [3.05, 3.63) is 88.5 Å². The Morgan fingerprint density at radius 1 is 1.17 bits per heavy atom. The summed E-state index contributed by atoms with van der Waals surface area (Å²) in [5, 5.41) is 19.5. The topological polar surface area (TPSA) is 96.2 Å². The van der Waals surface area contributed by atoms with Gasteiger partial charge in [-0.3, -0.25) is 4.79 Å². The minimum absolute atomic E-state index is 0.112. The second kappa shape index (κ2) is 7.40. The largest absolute Gasteiger partial charge is 0.477 e. The first-order valence-electron chi connectivity index (χ1n) is 8.55. The van der Waals surface area contributed by atoms with E-state index in [0.29, 0.717) is 16.3 Å². The third-order valence-corrected chi connectivity index (χ3v) is 4.77. The fourth-order valence-electron chi connectivity index (χ4n) is 3.04. The van der Waals surface area contributed by atoms with Crippen molar-refractivity contribution in [3.63, 3.8) is 0 Å². The minimum atomic E-state index is -1.19. The van der Waals surface area contributed by atoms with Crippen LogP contribution >= 0.6 is 11.6 Å². The standard InChI is InChI=1S/C20H14ClFN4O3/c21-14-3-1-2-4-15(14)25-19(27)13-10-23-26-17(11-5-7-12(22)8-6-11)9-16(20(28)29)24-18(13)26/h1-10,17,24H,(H,25,27)(H,28,29). The molecule has 29 heavy (non-hydrogen) atoms. The number of para-hydroxylation sites is 1. The van der Waals surface area contributed by atoms with Gasteiger partial charge in [-0.2, -0.15) is 5.10 Å². The number of hydrogen-bond acceptors (Lipinski definition) is 4. The van der Waals surface area contributed by atoms with E-state index in [1.54, 1.807) is 24.3 Å². The number of nitrogens with zero attached hydrogens (tertiary/aromatic N) is 2. The molecule has 0 spiro atoms. The molecular weight excluding hydrogens is 399 g/mol. The fourth-order valence-corrected chi connectivity index (χ4v) is 3.22. The summed E-state index contributed by atoms with van der Waals surface area (Å²) in [4.78, 5) is 24.4. The molecule has 0 aliphatic carbocycles. The molecule has 3 aromatic rings. The van der Waals surface area contributed by atoms with E-state index in [1.165, 1.54) is 41.2 Å². The SMILES string of the molecule is O=C(O)C1=CC(c2ccc(F)cc2)n2ncc(C(=O)Nc3ccccc3Cl)c2N1. The number of carbonyl (C=O) groups is 2. The van der Waals surface area contributed by atoms with Gasteiger partial charge in [0.25, 0.3) is 5.91 Å². The summed E-state index contributed by atoms with van der Waals surface area (Å²) in [6.45, 7) is 0. The lowest BCUT2D eigenvalue weighted by molar-refractivity contribution is -0.132. The van der Waals surface area contributed by atoms with Crippen molar-refractivity contribution in [2.24, 2.45) is 0 Å². The summed E-state index contributed by atoms with van der Waals surface area (Å²) in [6, 6.07) is 11.7. The molecule has 1 unspecified atom stereocenters. The highest BCUT2D eigenvalue weighted by molar-refractivity contribution is 6.34. The number of carboxylic acids is 1. The zero-order valence-electron chi connectivity index (χ0n) is 14.8. The van der Waals surface area contributed by atoms with Gasteiger partial charge in [-0.05, 0) is 35.9 Å². The first-order chi connectivity index (χ1) is 13.9. The maximum absolute atomic E-state index is 13.3. The number of hydrogen-bond donors (Lipinski definition) is 3. The van der Waals surface area contributed by atoms with Crippen molar-refractivity contribution in [1.82, 2.24) is 9.78 Å². The predicted octanol–water partition coefficient (Wildman–Crippen LogP) is 3.91. The minimum Gasteiger partial charge on any atom is -0.477 e. The monoisotopic (exact) mass is 412 g/mol. The molecule has 4 rings (SSSR count). The molecule has 1 aliphatic rings. The molecule has 146 valence electrons. The van der Waals surface area contributed by atoms with E-state index in [1.807, 2.05) is 0 Å². The number of halogens is 2. The van der Waals surface area contributed by atoms with Crippen molar-refractivity contribution in [3.8, 4) is 0 Å². The second-order valence-corrected chi connectivity index (χ2v) is 6.70. The Hall–Kier alpha value is -3.65. The number of fused-ring (bicyclic) bond motifs is 1. The van der Waals surface area contributed by atoms with Crippen LogP contribution < -0.4 is 10.6 Å². The Morgan fingerprint density at radius 2 is 1.90 bits per heavy atom. The Bertz CT molecular complexity index is 1140. The summed E-state index contributed by atoms with van der Waals surface area (Å²) in [5.74, 6) is -1.90. The van der Waals surface area contributed by atoms with Gasteiger partial charge in [0.15, 0.2) is 0 Å². The molecule has 1 amide bonds. The Balaban J connectivity index is 1.73. The number of aliphatic carboxylic acids is 1. The highest BCUT2D eigenvalue weighted by Crippen LogP contribution is 2.33. The predicted molar refractivity (Wildman–Crippen MR) is 106 cm³/mol. The maximum atomic E-state index is 13.3. The summed E-state index contributed by atoms with van der Waals surface area (Å²) in [7, 11) is 0. The van der Waals surface area contributed by atoms with Crippen LogP contribution in [0.5, 0.6) is 0 Å². The Labute approximate surface area is 169 Å². The number of allylic oxidation sites excluding steroid dienone is 1. The summed E-state index contributed by atoms with van der Waals surface area (Å²) < 4.78 is 14.8. The van der Waals surface area contributed by atoms with Gasteiger partial charge < -0.3 is 15.7 Å². The molecule has 9 heteroatoms. The average Bonchev–Trinajstić information content (AvgIpc) is 3.14. The van der Waals surface area contributed by atoms with E-state index in [9.17, 15) is 19.1 Å². The van der Waals surface area contributed by atoms with Gasteiger partial charge in [0, 0.05) is 0 Å². The molecule has 0 fully saturated rings. The number of anilines is 2. The zero-order chi connectivity index (χ0) is 20.5. The molecule has 0 bridgehead atoms. The highest BCUT2D eigenvalue weighted by Gasteiger charge is 2.29. The third kappa shape index (κ3) is 3.57. The third-order valence-electron chi connectivity index (χ3n) is 4.45. The van der Waals surface area contributed by atoms with E-state index in [0.717, 1.165) is 0 Å². The maximum Gasteiger partial charge on any atom is 0.352 e. The lowest BCUT2D eigenvalue weighted by Crippen LogP contribution is -2.25. The van der Waals surface area contributed by atoms with Crippen LogP contribution in [0, 0.1) is 5.82 Å². The first kappa shape index (κ1) is 18.7. The summed E-state index contributed by atoms with van der Waals surface area (Å²) in [6.07, 6.45) is 2.79. The van der Waals surface area contributed by atoms with Crippen LogP contribution in [0.15, 0.2) is 66.5 Å². The van der Waals surface area contributed by atoms with E-state index >= 15 is 0 Å². The van der Waals surface area contributed by atoms with Crippen LogP contribution in [0.3, 0.4) is 0 Å². The lowest BCUT2D eigenvalue weighted by Gasteiger charge is -2.24. The van der Waals surface area contributed by atoms with Crippen LogP contribution in [0.25, 0.3) is 0 Å². The number of rotatable bonds is 4. The van der Waals surface area contributed by atoms with Gasteiger partial charge in [-0.1, -0.05) is 35.9 Å². The molecule has 1 aliphatic heterocycles. The van der Waals surface area contributed by atoms with E-state index in [2.05, 4.69) is 15.7 Å². The zero-order valence-corrected chi connectivity index (χ0v) is 15.5. The van der Waals surface area contributed by atoms with Crippen molar-refractivity contribution < 1.29 is 19.1 Å². The Morgan fingerprint density at radius 3 is 2.59 bits per heavy atom. The summed E-state index contributed by atoms with van der Waals surface area (Å²) in [5.41, 5.74) is 1.07. The number of carbonyl (C=O) groups excluding carboxylic acids is 1. The smallest absolute Gasteiger partial charge is 0.352 e. The van der Waals surface area contributed by atoms with Gasteiger partial charge in [0.05, 0.1) is 22.9 Å². The molecule has 3 N–H and O–H groups in total. The molecule has 2 aromatic carbocycles. The first-order valence-corrected chi connectivity index (χ1v) is 8.93. The van der Waals surface area contributed by atoms with Crippen molar-refractivity contribution in [2.45, 2.75) is 6.04 Å². The lowest BCUT2D eigenvalue weighted by atomic mass is 10.0. The molecule has 2 heterocycles. The van der Waals surface area contributed by atoms with Crippen molar-refractivity contribution in [2.75, 3.05) is 10.6 Å². The van der Waals surface area contributed by atoms with Crippen LogP contribution in [-0.2, 0) is 4.79 Å². The van der Waals surface area contributed by atoms with Gasteiger partial charge in [0.1, 0.15) is 22.9 Å².